The summed E-state index contributed by atoms with van der Waals surface area (Å²) in [6.07, 6.45) is 2.93. The molecule has 6 heteroatoms. The molecule has 1 aromatic carbocycles. The van der Waals surface area contributed by atoms with E-state index in [9.17, 15) is 9.59 Å². The van der Waals surface area contributed by atoms with Crippen LogP contribution in [-0.4, -0.2) is 54.3 Å². The predicted molar refractivity (Wildman–Crippen MR) is 84.7 cm³/mol. The summed E-state index contributed by atoms with van der Waals surface area (Å²) in [7, 11) is 0. The molecule has 2 rings (SSSR count). The van der Waals surface area contributed by atoms with Gasteiger partial charge >= 0.3 is 5.97 Å². The van der Waals surface area contributed by atoms with Crippen LogP contribution in [-0.2, 0) is 9.53 Å². The summed E-state index contributed by atoms with van der Waals surface area (Å²) in [6.45, 7) is 3.34. The van der Waals surface area contributed by atoms with Crippen molar-refractivity contribution in [2.75, 3.05) is 26.3 Å². The Bertz CT molecular complexity index is 522. The van der Waals surface area contributed by atoms with Crippen LogP contribution in [0, 0.1) is 0 Å². The van der Waals surface area contributed by atoms with Crippen LogP contribution in [0.25, 0.3) is 0 Å². The van der Waals surface area contributed by atoms with E-state index in [4.69, 9.17) is 14.6 Å². The molecule has 0 aliphatic carbocycles. The van der Waals surface area contributed by atoms with Crippen molar-refractivity contribution < 1.29 is 24.2 Å². The number of benzene rings is 1. The van der Waals surface area contributed by atoms with Crippen LogP contribution >= 0.6 is 0 Å². The summed E-state index contributed by atoms with van der Waals surface area (Å²) < 4.78 is 11.1. The lowest BCUT2D eigenvalue weighted by Crippen LogP contribution is -2.36. The van der Waals surface area contributed by atoms with Gasteiger partial charge in [0.05, 0.1) is 6.10 Å². The second kappa shape index (κ2) is 8.53. The molecule has 0 bridgehead atoms. The largest absolute Gasteiger partial charge is 0.491 e. The Balaban J connectivity index is 1.93. The Morgan fingerprint density at radius 3 is 2.65 bits per heavy atom. The van der Waals surface area contributed by atoms with Gasteiger partial charge in [0.2, 0.25) is 0 Å². The number of hydrogen-bond acceptors (Lipinski definition) is 4. The fourth-order valence-corrected chi connectivity index (χ4v) is 2.53. The Morgan fingerprint density at radius 1 is 1.35 bits per heavy atom. The average molecular weight is 321 g/mol. The normalized spacial score (nSPS) is 17.0. The van der Waals surface area contributed by atoms with Gasteiger partial charge in [-0.1, -0.05) is 6.92 Å². The van der Waals surface area contributed by atoms with Gasteiger partial charge in [-0.3, -0.25) is 9.59 Å². The molecule has 0 spiro atoms. The van der Waals surface area contributed by atoms with Crippen LogP contribution in [0.3, 0.4) is 0 Å². The van der Waals surface area contributed by atoms with Gasteiger partial charge in [-0.15, -0.1) is 0 Å². The second-order valence-electron chi connectivity index (χ2n) is 5.59. The molecule has 1 saturated heterocycles. The Morgan fingerprint density at radius 2 is 2.09 bits per heavy atom. The van der Waals surface area contributed by atoms with Crippen molar-refractivity contribution in [3.8, 4) is 5.75 Å². The molecule has 0 aromatic heterocycles. The van der Waals surface area contributed by atoms with Gasteiger partial charge in [-0.25, -0.2) is 0 Å². The summed E-state index contributed by atoms with van der Waals surface area (Å²) in [5, 5.41) is 8.90. The Kier molecular flexibility index (Phi) is 6.40. The van der Waals surface area contributed by atoms with Crippen molar-refractivity contribution in [1.29, 1.82) is 0 Å². The topological polar surface area (TPSA) is 76.1 Å². The summed E-state index contributed by atoms with van der Waals surface area (Å²) in [5.74, 6) is -0.611. The Labute approximate surface area is 136 Å². The number of nitrogens with zero attached hydrogens (tertiary/aromatic N) is 1. The maximum atomic E-state index is 12.4. The van der Waals surface area contributed by atoms with Gasteiger partial charge in [0, 0.05) is 18.7 Å². The SMILES string of the molecule is CCCN(CC(=O)O)C(=O)c1ccc(OC[C@@H]2CCCO2)cc1. The van der Waals surface area contributed by atoms with E-state index in [1.807, 2.05) is 6.92 Å². The first kappa shape index (κ1) is 17.3. The molecule has 1 aromatic rings. The summed E-state index contributed by atoms with van der Waals surface area (Å²) in [4.78, 5) is 24.5. The molecule has 1 N–H and O–H groups in total. The first-order valence-corrected chi connectivity index (χ1v) is 7.95. The highest BCUT2D eigenvalue weighted by Crippen LogP contribution is 2.17. The van der Waals surface area contributed by atoms with Gasteiger partial charge in [-0.05, 0) is 43.5 Å². The summed E-state index contributed by atoms with van der Waals surface area (Å²) in [6, 6.07) is 6.79. The molecule has 0 unspecified atom stereocenters. The number of rotatable bonds is 8. The Hall–Kier alpha value is -2.08. The average Bonchev–Trinajstić information content (AvgIpc) is 3.05. The molecule has 1 atom stereocenters. The first-order valence-electron chi connectivity index (χ1n) is 7.95. The van der Waals surface area contributed by atoms with E-state index in [0.717, 1.165) is 19.4 Å². The number of ether oxygens (including phenoxy) is 2. The van der Waals surface area contributed by atoms with Crippen molar-refractivity contribution in [3.05, 3.63) is 29.8 Å². The minimum Gasteiger partial charge on any atom is -0.491 e. The molecule has 23 heavy (non-hydrogen) atoms. The van der Waals surface area contributed by atoms with Crippen LogP contribution in [0.2, 0.25) is 0 Å². The highest BCUT2D eigenvalue weighted by Gasteiger charge is 2.18. The number of carbonyl (C=O) groups excluding carboxylic acids is 1. The van der Waals surface area contributed by atoms with E-state index in [1.165, 1.54) is 4.90 Å². The minimum atomic E-state index is -1.01. The van der Waals surface area contributed by atoms with Gasteiger partial charge in [0.25, 0.3) is 5.91 Å². The van der Waals surface area contributed by atoms with Crippen molar-refractivity contribution >= 4 is 11.9 Å². The number of carboxylic acids is 1. The molecular formula is C17H23NO5. The van der Waals surface area contributed by atoms with Gasteiger partial charge < -0.3 is 19.5 Å². The molecule has 1 heterocycles. The summed E-state index contributed by atoms with van der Waals surface area (Å²) in [5.41, 5.74) is 0.462. The van der Waals surface area contributed by atoms with Crippen LogP contribution in [0.1, 0.15) is 36.5 Å². The molecule has 6 nitrogen and oxygen atoms in total. The van der Waals surface area contributed by atoms with Gasteiger partial charge in [0.1, 0.15) is 18.9 Å². The van der Waals surface area contributed by atoms with Gasteiger partial charge in [0.15, 0.2) is 0 Å². The van der Waals surface area contributed by atoms with Crippen LogP contribution in [0.15, 0.2) is 24.3 Å². The van der Waals surface area contributed by atoms with Crippen molar-refractivity contribution in [1.82, 2.24) is 4.90 Å². The molecule has 0 saturated carbocycles. The minimum absolute atomic E-state index is 0.145. The van der Waals surface area contributed by atoms with Crippen molar-refractivity contribution in [2.45, 2.75) is 32.3 Å². The summed E-state index contributed by atoms with van der Waals surface area (Å²) >= 11 is 0. The zero-order valence-electron chi connectivity index (χ0n) is 13.4. The molecule has 1 aliphatic rings. The number of carbonyl (C=O) groups is 2. The third-order valence-electron chi connectivity index (χ3n) is 3.67. The standard InChI is InChI=1S/C17H23NO5/c1-2-9-18(11-16(19)20)17(21)13-5-7-14(8-6-13)23-12-15-4-3-10-22-15/h5-8,15H,2-4,9-12H2,1H3,(H,19,20)/t15-/m0/s1. The lowest BCUT2D eigenvalue weighted by Gasteiger charge is -2.20. The third kappa shape index (κ3) is 5.25. The lowest BCUT2D eigenvalue weighted by atomic mass is 10.2. The molecule has 1 aliphatic heterocycles. The number of hydrogen-bond donors (Lipinski definition) is 1. The zero-order valence-corrected chi connectivity index (χ0v) is 13.4. The van der Waals surface area contributed by atoms with Crippen LogP contribution in [0.4, 0.5) is 0 Å². The molecule has 0 radical (unpaired) electrons. The molecular weight excluding hydrogens is 298 g/mol. The first-order chi connectivity index (χ1) is 11.1. The van der Waals surface area contributed by atoms with E-state index < -0.39 is 5.97 Å². The van der Waals surface area contributed by atoms with Crippen LogP contribution < -0.4 is 4.74 Å². The third-order valence-corrected chi connectivity index (χ3v) is 3.67. The van der Waals surface area contributed by atoms with Crippen LogP contribution in [0.5, 0.6) is 5.75 Å². The number of carboxylic acid groups (broad SMARTS) is 1. The maximum Gasteiger partial charge on any atom is 0.323 e. The molecule has 1 fully saturated rings. The quantitative estimate of drug-likeness (QED) is 0.794. The van der Waals surface area contributed by atoms with Crippen molar-refractivity contribution in [2.24, 2.45) is 0 Å². The van der Waals surface area contributed by atoms with E-state index in [0.29, 0.717) is 30.9 Å². The zero-order chi connectivity index (χ0) is 16.7. The molecule has 126 valence electrons. The monoisotopic (exact) mass is 321 g/mol. The lowest BCUT2D eigenvalue weighted by molar-refractivity contribution is -0.137. The van der Waals surface area contributed by atoms with E-state index in [-0.39, 0.29) is 18.6 Å². The van der Waals surface area contributed by atoms with Crippen molar-refractivity contribution in [3.63, 3.8) is 0 Å². The highest BCUT2D eigenvalue weighted by atomic mass is 16.5. The fraction of sp³-hybridized carbons (Fsp3) is 0.529. The number of amides is 1. The number of aliphatic carboxylic acids is 1. The fourth-order valence-electron chi connectivity index (χ4n) is 2.53. The maximum absolute atomic E-state index is 12.4. The molecule has 1 amide bonds. The van der Waals surface area contributed by atoms with E-state index in [2.05, 4.69) is 0 Å². The van der Waals surface area contributed by atoms with E-state index >= 15 is 0 Å². The highest BCUT2D eigenvalue weighted by molar-refractivity contribution is 5.95. The second-order valence-corrected chi connectivity index (χ2v) is 5.59. The smallest absolute Gasteiger partial charge is 0.323 e. The predicted octanol–water partition coefficient (Wildman–Crippen LogP) is 2.18. The van der Waals surface area contributed by atoms with Gasteiger partial charge in [-0.2, -0.15) is 0 Å². The van der Waals surface area contributed by atoms with E-state index in [1.54, 1.807) is 24.3 Å².